The lowest BCUT2D eigenvalue weighted by Gasteiger charge is -2.10. The molecular weight excluding hydrogens is 182 g/mol. The predicted molar refractivity (Wildman–Crippen MR) is 65.3 cm³/mol. The van der Waals surface area contributed by atoms with Crippen LogP contribution in [0.15, 0.2) is 18.2 Å². The molecule has 1 aromatic rings. The first-order valence-corrected chi connectivity index (χ1v) is 6.09. The molecule has 1 nitrogen and oxygen atoms in total. The number of hydrogen-bond acceptors (Lipinski definition) is 1. The van der Waals surface area contributed by atoms with Crippen LogP contribution < -0.4 is 0 Å². The average molecular weight is 203 g/mol. The lowest BCUT2D eigenvalue weighted by Crippen LogP contribution is -2.20. The van der Waals surface area contributed by atoms with Gasteiger partial charge in [-0.05, 0) is 43.0 Å². The summed E-state index contributed by atoms with van der Waals surface area (Å²) in [7, 11) is 2.22. The van der Waals surface area contributed by atoms with E-state index in [9.17, 15) is 0 Å². The molecule has 0 aromatic heterocycles. The molecule has 15 heavy (non-hydrogen) atoms. The van der Waals surface area contributed by atoms with Gasteiger partial charge in [-0.25, -0.2) is 0 Å². The highest BCUT2D eigenvalue weighted by atomic mass is 15.1. The van der Waals surface area contributed by atoms with Crippen molar-refractivity contribution in [3.63, 3.8) is 0 Å². The van der Waals surface area contributed by atoms with Gasteiger partial charge in [0.2, 0.25) is 0 Å². The van der Waals surface area contributed by atoms with E-state index >= 15 is 0 Å². The number of fused-ring (bicyclic) bond motifs is 1. The highest BCUT2D eigenvalue weighted by Crippen LogP contribution is 2.18. The van der Waals surface area contributed by atoms with Crippen molar-refractivity contribution in [1.29, 1.82) is 0 Å². The minimum absolute atomic E-state index is 1.21. The number of aryl methyl sites for hydroxylation is 1. The molecule has 82 valence electrons. The zero-order chi connectivity index (χ0) is 10.7. The van der Waals surface area contributed by atoms with Gasteiger partial charge < -0.3 is 4.90 Å². The van der Waals surface area contributed by atoms with Gasteiger partial charge in [-0.3, -0.25) is 0 Å². The van der Waals surface area contributed by atoms with E-state index in [0.29, 0.717) is 0 Å². The van der Waals surface area contributed by atoms with Crippen LogP contribution in [0.3, 0.4) is 0 Å². The van der Waals surface area contributed by atoms with E-state index < -0.39 is 0 Å². The number of benzene rings is 1. The average Bonchev–Trinajstić information content (AvgIpc) is 2.42. The molecule has 0 atom stereocenters. The van der Waals surface area contributed by atoms with E-state index in [1.807, 2.05) is 0 Å². The maximum atomic E-state index is 2.43. The SMILES string of the molecule is CCCc1ccc2c(c1)CCN(C)CC2. The van der Waals surface area contributed by atoms with Crippen LogP contribution in [0.5, 0.6) is 0 Å². The Hall–Kier alpha value is -0.820. The van der Waals surface area contributed by atoms with Crippen LogP contribution in [-0.2, 0) is 19.3 Å². The summed E-state index contributed by atoms with van der Waals surface area (Å²) in [6.45, 7) is 4.67. The van der Waals surface area contributed by atoms with Gasteiger partial charge in [-0.15, -0.1) is 0 Å². The molecule has 1 aliphatic heterocycles. The third-order valence-corrected chi connectivity index (χ3v) is 3.34. The normalized spacial score (nSPS) is 17.2. The lowest BCUT2D eigenvalue weighted by molar-refractivity contribution is 0.352. The lowest BCUT2D eigenvalue weighted by atomic mass is 9.98. The summed E-state index contributed by atoms with van der Waals surface area (Å²) in [6.07, 6.45) is 4.92. The predicted octanol–water partition coefficient (Wildman–Crippen LogP) is 2.67. The molecule has 0 amide bonds. The first kappa shape index (κ1) is 10.7. The van der Waals surface area contributed by atoms with Crippen molar-refractivity contribution in [3.05, 3.63) is 34.9 Å². The number of rotatable bonds is 2. The van der Waals surface area contributed by atoms with Crippen LogP contribution in [0.1, 0.15) is 30.0 Å². The Morgan fingerprint density at radius 2 is 1.87 bits per heavy atom. The Bertz CT molecular complexity index is 330. The molecule has 0 radical (unpaired) electrons. The van der Waals surface area contributed by atoms with E-state index in [4.69, 9.17) is 0 Å². The van der Waals surface area contributed by atoms with Gasteiger partial charge in [0, 0.05) is 13.1 Å². The van der Waals surface area contributed by atoms with Gasteiger partial charge in [0.05, 0.1) is 0 Å². The van der Waals surface area contributed by atoms with Gasteiger partial charge in [-0.2, -0.15) is 0 Å². The van der Waals surface area contributed by atoms with E-state index in [0.717, 1.165) is 0 Å². The fourth-order valence-corrected chi connectivity index (χ4v) is 2.33. The van der Waals surface area contributed by atoms with Crippen molar-refractivity contribution >= 4 is 0 Å². The van der Waals surface area contributed by atoms with Crippen LogP contribution in [-0.4, -0.2) is 25.0 Å². The molecule has 0 unspecified atom stereocenters. The first-order valence-electron chi connectivity index (χ1n) is 6.09. The maximum Gasteiger partial charge on any atom is 0.00190 e. The van der Waals surface area contributed by atoms with Crippen molar-refractivity contribution < 1.29 is 0 Å². The van der Waals surface area contributed by atoms with Crippen molar-refractivity contribution in [2.75, 3.05) is 20.1 Å². The molecule has 1 heteroatoms. The van der Waals surface area contributed by atoms with E-state index in [2.05, 4.69) is 37.1 Å². The van der Waals surface area contributed by atoms with E-state index in [-0.39, 0.29) is 0 Å². The summed E-state index contributed by atoms with van der Waals surface area (Å²) in [4.78, 5) is 2.43. The van der Waals surface area contributed by atoms with Gasteiger partial charge in [0.1, 0.15) is 0 Å². The molecule has 1 aromatic carbocycles. The molecule has 0 spiro atoms. The smallest absolute Gasteiger partial charge is 0.00190 e. The molecule has 2 rings (SSSR count). The molecular formula is C14H21N. The molecule has 0 fully saturated rings. The molecule has 0 aliphatic carbocycles. The molecule has 0 N–H and O–H groups in total. The maximum absolute atomic E-state index is 2.43. The molecule has 0 bridgehead atoms. The Morgan fingerprint density at radius 1 is 1.13 bits per heavy atom. The molecule has 0 saturated heterocycles. The van der Waals surface area contributed by atoms with E-state index in [1.165, 1.54) is 44.3 Å². The van der Waals surface area contributed by atoms with Crippen molar-refractivity contribution in [1.82, 2.24) is 4.90 Å². The van der Waals surface area contributed by atoms with Gasteiger partial charge in [0.15, 0.2) is 0 Å². The zero-order valence-electron chi connectivity index (χ0n) is 9.92. The van der Waals surface area contributed by atoms with Crippen LogP contribution in [0.2, 0.25) is 0 Å². The van der Waals surface area contributed by atoms with Gasteiger partial charge >= 0.3 is 0 Å². The summed E-state index contributed by atoms with van der Waals surface area (Å²) in [5.41, 5.74) is 4.67. The Morgan fingerprint density at radius 3 is 2.60 bits per heavy atom. The summed E-state index contributed by atoms with van der Waals surface area (Å²) >= 11 is 0. The Kier molecular flexibility index (Phi) is 3.42. The van der Waals surface area contributed by atoms with Crippen molar-refractivity contribution in [2.45, 2.75) is 32.6 Å². The van der Waals surface area contributed by atoms with Gasteiger partial charge in [-0.1, -0.05) is 31.5 Å². The van der Waals surface area contributed by atoms with Crippen LogP contribution in [0.4, 0.5) is 0 Å². The van der Waals surface area contributed by atoms with Crippen molar-refractivity contribution in [2.24, 2.45) is 0 Å². The number of hydrogen-bond donors (Lipinski definition) is 0. The standard InChI is InChI=1S/C14H21N/c1-3-4-12-5-6-13-7-9-15(2)10-8-14(13)11-12/h5-6,11H,3-4,7-10H2,1-2H3. The molecule has 1 heterocycles. The summed E-state index contributed by atoms with van der Waals surface area (Å²) in [5.74, 6) is 0. The zero-order valence-corrected chi connectivity index (χ0v) is 9.92. The Balaban J connectivity index is 2.20. The first-order chi connectivity index (χ1) is 7.29. The molecule has 1 aliphatic rings. The monoisotopic (exact) mass is 203 g/mol. The Labute approximate surface area is 93.1 Å². The summed E-state index contributed by atoms with van der Waals surface area (Å²) in [6, 6.07) is 7.09. The summed E-state index contributed by atoms with van der Waals surface area (Å²) < 4.78 is 0. The number of nitrogens with zero attached hydrogens (tertiary/aromatic N) is 1. The largest absolute Gasteiger partial charge is 0.306 e. The minimum atomic E-state index is 1.21. The van der Waals surface area contributed by atoms with Gasteiger partial charge in [0.25, 0.3) is 0 Å². The van der Waals surface area contributed by atoms with Crippen molar-refractivity contribution in [3.8, 4) is 0 Å². The van der Waals surface area contributed by atoms with Crippen LogP contribution in [0, 0.1) is 0 Å². The number of likely N-dealkylation sites (N-methyl/N-ethyl adjacent to an activating group) is 1. The topological polar surface area (TPSA) is 3.24 Å². The fraction of sp³-hybridized carbons (Fsp3) is 0.571. The summed E-state index contributed by atoms with van der Waals surface area (Å²) in [5, 5.41) is 0. The third kappa shape index (κ3) is 2.60. The van der Waals surface area contributed by atoms with Crippen LogP contribution >= 0.6 is 0 Å². The highest BCUT2D eigenvalue weighted by Gasteiger charge is 2.10. The highest BCUT2D eigenvalue weighted by molar-refractivity contribution is 5.33. The second kappa shape index (κ2) is 4.80. The third-order valence-electron chi connectivity index (χ3n) is 3.34. The van der Waals surface area contributed by atoms with Crippen LogP contribution in [0.25, 0.3) is 0 Å². The molecule has 0 saturated carbocycles. The van der Waals surface area contributed by atoms with E-state index in [1.54, 1.807) is 11.1 Å². The quantitative estimate of drug-likeness (QED) is 0.714. The fourth-order valence-electron chi connectivity index (χ4n) is 2.33. The minimum Gasteiger partial charge on any atom is -0.306 e. The second-order valence-corrected chi connectivity index (χ2v) is 4.66. The second-order valence-electron chi connectivity index (χ2n) is 4.66.